The lowest BCUT2D eigenvalue weighted by Crippen LogP contribution is -2.36. The molecule has 2 aromatic heterocycles. The topological polar surface area (TPSA) is 41.1 Å². The van der Waals surface area contributed by atoms with Crippen LogP contribution in [0.3, 0.4) is 0 Å². The number of nitrogens with one attached hydrogen (secondary N) is 1. The van der Waals surface area contributed by atoms with Crippen molar-refractivity contribution >= 4 is 39.5 Å². The summed E-state index contributed by atoms with van der Waals surface area (Å²) in [5, 5.41) is 2.38. The Morgan fingerprint density at radius 2 is 1.70 bits per heavy atom. The average Bonchev–Trinajstić information content (AvgIpc) is 3.21. The molecule has 0 spiro atoms. The lowest BCUT2D eigenvalue weighted by Gasteiger charge is -2.31. The van der Waals surface area contributed by atoms with Gasteiger partial charge in [-0.05, 0) is 71.8 Å². The largest absolute Gasteiger partial charge is 0.361 e. The highest BCUT2D eigenvalue weighted by Crippen LogP contribution is 2.28. The number of H-pyrrole nitrogens is 1. The maximum Gasteiger partial charge on any atom is 0.129 e. The van der Waals surface area contributed by atoms with Crippen LogP contribution >= 0.6 is 11.9 Å². The molecule has 0 saturated carbocycles. The van der Waals surface area contributed by atoms with Crippen LogP contribution < -0.4 is 4.90 Å². The first kappa shape index (κ1) is 16.6. The molecule has 1 aliphatic heterocycles. The Morgan fingerprint density at radius 1 is 0.926 bits per heavy atom. The number of hydrogen-bond acceptors (Lipinski definition) is 3. The van der Waals surface area contributed by atoms with E-state index in [4.69, 9.17) is 21.1 Å². The molecule has 27 heavy (non-hydrogen) atoms. The third-order valence-electron chi connectivity index (χ3n) is 5.45. The van der Waals surface area contributed by atoms with Crippen molar-refractivity contribution in [2.75, 3.05) is 18.0 Å². The van der Waals surface area contributed by atoms with E-state index >= 15 is 0 Å². The molecular formula is C22H20ClN3O. The second kappa shape index (κ2) is 6.87. The van der Waals surface area contributed by atoms with Gasteiger partial charge in [-0.2, -0.15) is 0 Å². The highest BCUT2D eigenvalue weighted by atomic mass is 35.5. The molecule has 4 aromatic rings. The summed E-state index contributed by atoms with van der Waals surface area (Å²) < 4.78 is 4.95. The summed E-state index contributed by atoms with van der Waals surface area (Å²) in [4.78, 5) is 10.4. The van der Waals surface area contributed by atoms with Gasteiger partial charge in [0.2, 0.25) is 0 Å². The monoisotopic (exact) mass is 377 g/mol. The van der Waals surface area contributed by atoms with Gasteiger partial charge < -0.3 is 9.88 Å². The van der Waals surface area contributed by atoms with Crippen molar-refractivity contribution in [1.29, 1.82) is 0 Å². The standard InChI is InChI=1S/C22H20ClN3O/c23-27-19-8-11-26(12-9-19)22-6-3-17-13-16(2-5-21(17)25-22)15-1-4-20-18(14-15)7-10-24-20/h1-7,10,13-14,19,24H,8-9,11-12H2. The molecule has 0 aliphatic carbocycles. The second-order valence-electron chi connectivity index (χ2n) is 7.13. The lowest BCUT2D eigenvalue weighted by molar-refractivity contribution is 0.188. The van der Waals surface area contributed by atoms with Crippen molar-refractivity contribution in [3.05, 3.63) is 60.8 Å². The number of hydrogen-bond donors (Lipinski definition) is 1. The summed E-state index contributed by atoms with van der Waals surface area (Å²) >= 11 is 5.51. The number of piperidine rings is 1. The molecule has 5 heteroatoms. The highest BCUT2D eigenvalue weighted by Gasteiger charge is 2.20. The van der Waals surface area contributed by atoms with Crippen LogP contribution in [0.15, 0.2) is 60.8 Å². The van der Waals surface area contributed by atoms with E-state index in [9.17, 15) is 0 Å². The molecule has 5 rings (SSSR count). The maximum absolute atomic E-state index is 5.51. The van der Waals surface area contributed by atoms with Gasteiger partial charge in [0.15, 0.2) is 0 Å². The normalized spacial score (nSPS) is 15.7. The smallest absolute Gasteiger partial charge is 0.129 e. The summed E-state index contributed by atoms with van der Waals surface area (Å²) in [5.41, 5.74) is 4.61. The lowest BCUT2D eigenvalue weighted by atomic mass is 10.0. The minimum atomic E-state index is 0.156. The first-order valence-corrected chi connectivity index (χ1v) is 9.62. The van der Waals surface area contributed by atoms with E-state index in [0.717, 1.165) is 48.2 Å². The zero-order valence-corrected chi connectivity index (χ0v) is 15.6. The van der Waals surface area contributed by atoms with Gasteiger partial charge in [-0.15, -0.1) is 0 Å². The number of nitrogens with zero attached hydrogens (tertiary/aromatic N) is 2. The van der Waals surface area contributed by atoms with Crippen molar-refractivity contribution in [2.45, 2.75) is 18.9 Å². The van der Waals surface area contributed by atoms with E-state index in [0.29, 0.717) is 0 Å². The van der Waals surface area contributed by atoms with E-state index in [1.54, 1.807) is 0 Å². The number of anilines is 1. The predicted octanol–water partition coefficient (Wildman–Crippen LogP) is 5.52. The van der Waals surface area contributed by atoms with Gasteiger partial charge in [-0.3, -0.25) is 4.29 Å². The van der Waals surface area contributed by atoms with Crippen molar-refractivity contribution in [2.24, 2.45) is 0 Å². The number of pyridine rings is 1. The summed E-state index contributed by atoms with van der Waals surface area (Å²) in [6.07, 6.45) is 4.00. The van der Waals surface area contributed by atoms with Crippen molar-refractivity contribution < 1.29 is 4.29 Å². The van der Waals surface area contributed by atoms with Crippen LogP contribution in [-0.2, 0) is 4.29 Å². The van der Waals surface area contributed by atoms with Crippen LogP contribution in [0.2, 0.25) is 0 Å². The third kappa shape index (κ3) is 3.15. The number of aromatic amines is 1. The molecule has 1 fully saturated rings. The van der Waals surface area contributed by atoms with Crippen LogP contribution in [0, 0.1) is 0 Å². The van der Waals surface area contributed by atoms with Crippen LogP contribution in [0.4, 0.5) is 5.82 Å². The van der Waals surface area contributed by atoms with Crippen LogP contribution in [-0.4, -0.2) is 29.2 Å². The fourth-order valence-electron chi connectivity index (χ4n) is 3.88. The minimum absolute atomic E-state index is 0.156. The van der Waals surface area contributed by atoms with Crippen molar-refractivity contribution in [3.8, 4) is 11.1 Å². The summed E-state index contributed by atoms with van der Waals surface area (Å²) in [6, 6.07) is 19.4. The van der Waals surface area contributed by atoms with E-state index in [-0.39, 0.29) is 6.10 Å². The summed E-state index contributed by atoms with van der Waals surface area (Å²) in [6.45, 7) is 1.84. The first-order valence-electron chi connectivity index (χ1n) is 9.31. The zero-order valence-electron chi connectivity index (χ0n) is 14.9. The Balaban J connectivity index is 1.44. The van der Waals surface area contributed by atoms with Crippen molar-refractivity contribution in [1.82, 2.24) is 9.97 Å². The molecule has 1 N–H and O–H groups in total. The van der Waals surface area contributed by atoms with Gasteiger partial charge in [0.05, 0.1) is 23.5 Å². The number of aromatic nitrogens is 2. The number of rotatable bonds is 3. The van der Waals surface area contributed by atoms with Gasteiger partial charge in [0.1, 0.15) is 5.82 Å². The van der Waals surface area contributed by atoms with Crippen LogP contribution in [0.25, 0.3) is 32.9 Å². The Labute approximate surface area is 162 Å². The SMILES string of the molecule is ClOC1CCN(c2ccc3cc(-c4ccc5[nH]ccc5c4)ccc3n2)CC1. The number of benzene rings is 2. The summed E-state index contributed by atoms with van der Waals surface area (Å²) in [7, 11) is 0. The molecule has 136 valence electrons. The van der Waals surface area contributed by atoms with Gasteiger partial charge in [0.25, 0.3) is 0 Å². The molecule has 1 aliphatic rings. The molecule has 0 amide bonds. The molecule has 0 bridgehead atoms. The molecule has 4 nitrogen and oxygen atoms in total. The van der Waals surface area contributed by atoms with Gasteiger partial charge in [-0.1, -0.05) is 12.1 Å². The van der Waals surface area contributed by atoms with E-state index in [1.165, 1.54) is 16.5 Å². The molecule has 0 radical (unpaired) electrons. The van der Waals surface area contributed by atoms with Gasteiger partial charge >= 0.3 is 0 Å². The quantitative estimate of drug-likeness (QED) is 0.511. The van der Waals surface area contributed by atoms with E-state index in [1.807, 2.05) is 6.20 Å². The molecule has 1 saturated heterocycles. The molecular weight excluding hydrogens is 358 g/mol. The fraction of sp³-hybridized carbons (Fsp3) is 0.227. The fourth-order valence-corrected chi connectivity index (χ4v) is 4.06. The van der Waals surface area contributed by atoms with Crippen LogP contribution in [0.5, 0.6) is 0 Å². The molecule has 2 aromatic carbocycles. The Kier molecular flexibility index (Phi) is 4.23. The number of fused-ring (bicyclic) bond motifs is 2. The molecule has 3 heterocycles. The van der Waals surface area contributed by atoms with Gasteiger partial charge in [0, 0.05) is 30.2 Å². The zero-order chi connectivity index (χ0) is 18.2. The van der Waals surface area contributed by atoms with E-state index < -0.39 is 0 Å². The first-order chi connectivity index (χ1) is 13.3. The second-order valence-corrected chi connectivity index (χ2v) is 7.31. The summed E-state index contributed by atoms with van der Waals surface area (Å²) in [5.74, 6) is 1.03. The average molecular weight is 378 g/mol. The minimum Gasteiger partial charge on any atom is -0.361 e. The highest BCUT2D eigenvalue weighted by molar-refractivity contribution is 6.07. The number of halogens is 1. The predicted molar refractivity (Wildman–Crippen MR) is 111 cm³/mol. The molecule has 0 atom stereocenters. The van der Waals surface area contributed by atoms with Crippen LogP contribution in [0.1, 0.15) is 12.8 Å². The third-order valence-corrected chi connectivity index (χ3v) is 5.71. The van der Waals surface area contributed by atoms with E-state index in [2.05, 4.69) is 64.5 Å². The van der Waals surface area contributed by atoms with Gasteiger partial charge in [-0.25, -0.2) is 4.98 Å². The Morgan fingerprint density at radius 3 is 2.52 bits per heavy atom. The Bertz CT molecular complexity index is 1100. The Hall–Kier alpha value is -2.56. The maximum atomic E-state index is 5.51. The molecule has 0 unspecified atom stereocenters. The van der Waals surface area contributed by atoms with Crippen molar-refractivity contribution in [3.63, 3.8) is 0 Å².